The van der Waals surface area contributed by atoms with Gasteiger partial charge in [0.15, 0.2) is 5.78 Å². The Morgan fingerprint density at radius 2 is 1.50 bits per heavy atom. The molecule has 0 radical (unpaired) electrons. The molecule has 4 aromatic carbocycles. The number of hydrogen-bond acceptors (Lipinski definition) is 4. The lowest BCUT2D eigenvalue weighted by Crippen LogP contribution is -2.06. The predicted octanol–water partition coefficient (Wildman–Crippen LogP) is 7.57. The lowest BCUT2D eigenvalue weighted by molar-refractivity contribution is 0.103. The molecule has 0 fully saturated rings. The number of allylic oxidation sites excluding steroid dienone is 3. The predicted molar refractivity (Wildman–Crippen MR) is 150 cm³/mol. The van der Waals surface area contributed by atoms with Gasteiger partial charge < -0.3 is 9.47 Å². The van der Waals surface area contributed by atoms with E-state index in [9.17, 15) is 4.79 Å². The first-order valence-electron chi connectivity index (χ1n) is 12.5. The van der Waals surface area contributed by atoms with Crippen LogP contribution in [0.2, 0.25) is 0 Å². The van der Waals surface area contributed by atoms with Gasteiger partial charge in [0.25, 0.3) is 0 Å². The van der Waals surface area contributed by atoms with E-state index >= 15 is 0 Å². The summed E-state index contributed by atoms with van der Waals surface area (Å²) < 4.78 is 11.5. The molecule has 4 heteroatoms. The Bertz CT molecular complexity index is 1560. The van der Waals surface area contributed by atoms with Crippen molar-refractivity contribution in [3.05, 3.63) is 143 Å². The van der Waals surface area contributed by atoms with Crippen LogP contribution in [0.15, 0.2) is 115 Å². The van der Waals surface area contributed by atoms with Gasteiger partial charge in [0.05, 0.1) is 25.9 Å². The van der Waals surface area contributed by atoms with E-state index in [4.69, 9.17) is 14.7 Å². The lowest BCUT2D eigenvalue weighted by Gasteiger charge is -2.23. The molecule has 5 rings (SSSR count). The maximum atomic E-state index is 12.8. The smallest absolute Gasteiger partial charge is 0.193 e. The average Bonchev–Trinajstić information content (AvgIpc) is 3.00. The van der Waals surface area contributed by atoms with Crippen LogP contribution < -0.4 is 4.74 Å². The standard InChI is InChI=1S/C34H27NO3/c1-37-32-20-28(16-18-30(32)24-10-8-23(22-35)9-11-24)29-17-19-31(33(21-29)38-2)25-12-14-27(15-13-25)34(36)26-6-4-3-5-7-26/h3-16,18-21,29H,17H2,1-2H3/t29-/m0/s1. The van der Waals surface area contributed by atoms with Gasteiger partial charge >= 0.3 is 0 Å². The summed E-state index contributed by atoms with van der Waals surface area (Å²) in [6.07, 6.45) is 5.15. The molecule has 0 saturated heterocycles. The molecule has 0 unspecified atom stereocenters. The highest BCUT2D eigenvalue weighted by Gasteiger charge is 2.21. The number of nitrogens with zero attached hydrogens (tertiary/aromatic N) is 1. The van der Waals surface area contributed by atoms with Gasteiger partial charge in [-0.2, -0.15) is 5.26 Å². The highest BCUT2D eigenvalue weighted by Crippen LogP contribution is 2.39. The maximum absolute atomic E-state index is 12.8. The normalized spacial score (nSPS) is 14.6. The lowest BCUT2D eigenvalue weighted by atomic mass is 9.86. The highest BCUT2D eigenvalue weighted by molar-refractivity contribution is 6.09. The Morgan fingerprint density at radius 3 is 2.16 bits per heavy atom. The number of ketones is 1. The number of ether oxygens (including phenoxy) is 2. The van der Waals surface area contributed by atoms with Crippen molar-refractivity contribution in [2.24, 2.45) is 0 Å². The topological polar surface area (TPSA) is 59.3 Å². The Hall–Kier alpha value is -4.88. The van der Waals surface area contributed by atoms with Crippen molar-refractivity contribution in [3.63, 3.8) is 0 Å². The Kier molecular flexibility index (Phi) is 7.19. The van der Waals surface area contributed by atoms with Gasteiger partial charge in [-0.25, -0.2) is 0 Å². The number of nitriles is 1. The quantitative estimate of drug-likeness (QED) is 0.247. The second-order valence-corrected chi connectivity index (χ2v) is 9.12. The Morgan fingerprint density at radius 1 is 0.816 bits per heavy atom. The van der Waals surface area contributed by atoms with Crippen LogP contribution in [0, 0.1) is 11.3 Å². The van der Waals surface area contributed by atoms with Crippen molar-refractivity contribution < 1.29 is 14.3 Å². The summed E-state index contributed by atoms with van der Waals surface area (Å²) in [6, 6.07) is 32.9. The molecule has 1 atom stereocenters. The van der Waals surface area contributed by atoms with Gasteiger partial charge in [-0.3, -0.25) is 4.79 Å². The van der Waals surface area contributed by atoms with E-state index < -0.39 is 0 Å². The van der Waals surface area contributed by atoms with Gasteiger partial charge in [0, 0.05) is 28.2 Å². The van der Waals surface area contributed by atoms with E-state index in [1.54, 1.807) is 14.2 Å². The van der Waals surface area contributed by atoms with Crippen LogP contribution in [-0.4, -0.2) is 20.0 Å². The average molecular weight is 498 g/mol. The molecule has 4 nitrogen and oxygen atoms in total. The third kappa shape index (κ3) is 5.00. The molecule has 0 heterocycles. The van der Waals surface area contributed by atoms with Crippen molar-refractivity contribution in [2.75, 3.05) is 14.2 Å². The summed E-state index contributed by atoms with van der Waals surface area (Å²) in [5.41, 5.74) is 7.11. The van der Waals surface area contributed by atoms with Gasteiger partial charge in [-0.05, 0) is 47.4 Å². The maximum Gasteiger partial charge on any atom is 0.193 e. The molecule has 0 amide bonds. The summed E-state index contributed by atoms with van der Waals surface area (Å²) in [7, 11) is 3.36. The minimum absolute atomic E-state index is 0.00995. The van der Waals surface area contributed by atoms with Crippen molar-refractivity contribution in [1.82, 2.24) is 0 Å². The molecule has 4 aromatic rings. The van der Waals surface area contributed by atoms with Crippen LogP contribution >= 0.6 is 0 Å². The van der Waals surface area contributed by atoms with E-state index in [1.165, 1.54) is 0 Å². The van der Waals surface area contributed by atoms with Gasteiger partial charge in [-0.1, -0.05) is 84.9 Å². The van der Waals surface area contributed by atoms with Crippen molar-refractivity contribution in [3.8, 4) is 22.9 Å². The third-order valence-corrected chi connectivity index (χ3v) is 6.89. The van der Waals surface area contributed by atoms with Crippen LogP contribution in [0.3, 0.4) is 0 Å². The van der Waals surface area contributed by atoms with Crippen LogP contribution in [0.1, 0.15) is 45.0 Å². The number of carbonyl (C=O) groups excluding carboxylic acids is 1. The first-order valence-corrected chi connectivity index (χ1v) is 12.5. The molecular formula is C34H27NO3. The van der Waals surface area contributed by atoms with Crippen molar-refractivity contribution in [1.29, 1.82) is 5.26 Å². The molecule has 0 saturated carbocycles. The zero-order valence-corrected chi connectivity index (χ0v) is 21.3. The molecule has 0 aromatic heterocycles. The zero-order valence-electron chi connectivity index (χ0n) is 21.3. The summed E-state index contributed by atoms with van der Waals surface area (Å²) in [5, 5.41) is 9.08. The first kappa shape index (κ1) is 24.8. The number of hydrogen-bond donors (Lipinski definition) is 0. The molecule has 0 N–H and O–H groups in total. The molecule has 0 bridgehead atoms. The number of carbonyl (C=O) groups is 1. The van der Waals surface area contributed by atoms with E-state index in [0.717, 1.165) is 45.8 Å². The SMILES string of the molecule is COC1=C[C@@H](c2ccc(-c3ccc(C#N)cc3)c(OC)c2)CC=C1c1ccc(C(=O)c2ccccc2)cc1. The molecular weight excluding hydrogens is 470 g/mol. The van der Waals surface area contributed by atoms with E-state index in [-0.39, 0.29) is 11.7 Å². The van der Waals surface area contributed by atoms with E-state index in [2.05, 4.69) is 36.4 Å². The Labute approximate surface area is 223 Å². The molecule has 0 spiro atoms. The van der Waals surface area contributed by atoms with Crippen molar-refractivity contribution >= 4 is 11.4 Å². The first-order chi connectivity index (χ1) is 18.6. The molecule has 186 valence electrons. The van der Waals surface area contributed by atoms with Crippen LogP contribution in [-0.2, 0) is 4.74 Å². The van der Waals surface area contributed by atoms with Gasteiger partial charge in [0.2, 0.25) is 0 Å². The van der Waals surface area contributed by atoms with Crippen molar-refractivity contribution in [2.45, 2.75) is 12.3 Å². The summed E-state index contributed by atoms with van der Waals surface area (Å²) >= 11 is 0. The second kappa shape index (κ2) is 11.0. The van der Waals surface area contributed by atoms with Gasteiger partial charge in [0.1, 0.15) is 11.5 Å². The fourth-order valence-electron chi connectivity index (χ4n) is 4.81. The monoisotopic (exact) mass is 497 g/mol. The van der Waals surface area contributed by atoms with E-state index in [1.807, 2.05) is 78.9 Å². The fourth-order valence-corrected chi connectivity index (χ4v) is 4.81. The minimum Gasteiger partial charge on any atom is -0.496 e. The summed E-state index contributed by atoms with van der Waals surface area (Å²) in [5.74, 6) is 1.74. The molecule has 0 aliphatic heterocycles. The van der Waals surface area contributed by atoms with Crippen LogP contribution in [0.5, 0.6) is 5.75 Å². The number of benzene rings is 4. The second-order valence-electron chi connectivity index (χ2n) is 9.12. The Balaban J connectivity index is 1.37. The fraction of sp³-hybridized carbons (Fsp3) is 0.118. The molecule has 1 aliphatic rings. The number of methoxy groups -OCH3 is 2. The van der Waals surface area contributed by atoms with Crippen LogP contribution in [0.25, 0.3) is 16.7 Å². The highest BCUT2D eigenvalue weighted by atomic mass is 16.5. The zero-order chi connectivity index (χ0) is 26.5. The van der Waals surface area contributed by atoms with Crippen LogP contribution in [0.4, 0.5) is 0 Å². The number of rotatable bonds is 7. The van der Waals surface area contributed by atoms with Gasteiger partial charge in [-0.15, -0.1) is 0 Å². The molecule has 1 aliphatic carbocycles. The third-order valence-electron chi connectivity index (χ3n) is 6.89. The largest absolute Gasteiger partial charge is 0.496 e. The van der Waals surface area contributed by atoms with E-state index in [0.29, 0.717) is 16.7 Å². The minimum atomic E-state index is 0.00995. The summed E-state index contributed by atoms with van der Waals surface area (Å²) in [6.45, 7) is 0. The summed E-state index contributed by atoms with van der Waals surface area (Å²) in [4.78, 5) is 12.8. The molecule has 38 heavy (non-hydrogen) atoms.